The molecule has 0 aliphatic carbocycles. The first-order chi connectivity index (χ1) is 16.1. The molecule has 1 fully saturated rings. The smallest absolute Gasteiger partial charge is 0.224 e. The summed E-state index contributed by atoms with van der Waals surface area (Å²) in [6.07, 6.45) is 1.18. The van der Waals surface area contributed by atoms with Crippen molar-refractivity contribution in [1.82, 2.24) is 15.5 Å². The van der Waals surface area contributed by atoms with E-state index in [2.05, 4.69) is 20.4 Å². The van der Waals surface area contributed by atoms with Gasteiger partial charge in [-0.15, -0.1) is 0 Å². The third kappa shape index (κ3) is 5.79. The fourth-order valence-electron chi connectivity index (χ4n) is 4.01. The van der Waals surface area contributed by atoms with E-state index >= 15 is 0 Å². The Hall–Kier alpha value is -3.19. The van der Waals surface area contributed by atoms with Gasteiger partial charge in [-0.2, -0.15) is 5.10 Å². The minimum Gasteiger partial charge on any atom is -0.490 e. The lowest BCUT2D eigenvalue weighted by atomic mass is 10.1. The standard InChI is InChI=1S/C25H29ClN4O3/c1-3-32-22-10-5-17(13-23(22)33-4-2)14-25(31)27-20-11-12-30(16-20)24-15-21(28-29-24)18-6-8-19(26)9-7-18/h5-10,13,15,20H,3-4,11-12,14,16H2,1-2H3,(H,27,31)(H,28,29)/t20-/m1/s1. The maximum Gasteiger partial charge on any atom is 0.224 e. The zero-order chi connectivity index (χ0) is 23.2. The molecule has 0 unspecified atom stereocenters. The Balaban J connectivity index is 1.32. The third-order valence-electron chi connectivity index (χ3n) is 5.57. The van der Waals surface area contributed by atoms with Crippen LogP contribution in [0, 0.1) is 0 Å². The molecule has 1 aliphatic heterocycles. The quantitative estimate of drug-likeness (QED) is 0.484. The Bertz CT molecular complexity index is 1080. The Morgan fingerprint density at radius 2 is 1.88 bits per heavy atom. The molecule has 8 heteroatoms. The number of amides is 1. The Morgan fingerprint density at radius 3 is 2.64 bits per heavy atom. The first kappa shape index (κ1) is 23.0. The van der Waals surface area contributed by atoms with Gasteiger partial charge in [0, 0.05) is 30.2 Å². The number of benzene rings is 2. The lowest BCUT2D eigenvalue weighted by Gasteiger charge is -2.16. The van der Waals surface area contributed by atoms with Crippen LogP contribution in [0.2, 0.25) is 5.02 Å². The van der Waals surface area contributed by atoms with Gasteiger partial charge in [0.1, 0.15) is 0 Å². The highest BCUT2D eigenvalue weighted by Gasteiger charge is 2.26. The van der Waals surface area contributed by atoms with E-state index in [1.165, 1.54) is 0 Å². The van der Waals surface area contributed by atoms with Crippen LogP contribution in [0.15, 0.2) is 48.5 Å². The topological polar surface area (TPSA) is 79.5 Å². The molecular weight excluding hydrogens is 440 g/mol. The van der Waals surface area contributed by atoms with Gasteiger partial charge in [0.05, 0.1) is 25.3 Å². The molecule has 0 saturated carbocycles. The van der Waals surface area contributed by atoms with E-state index in [4.69, 9.17) is 21.1 Å². The monoisotopic (exact) mass is 468 g/mol. The summed E-state index contributed by atoms with van der Waals surface area (Å²) in [5.74, 6) is 2.25. The predicted octanol–water partition coefficient (Wildman–Crippen LogP) is 4.47. The number of H-pyrrole nitrogens is 1. The van der Waals surface area contributed by atoms with Crippen LogP contribution in [0.25, 0.3) is 11.3 Å². The number of aromatic amines is 1. The average Bonchev–Trinajstić information content (AvgIpc) is 3.46. The highest BCUT2D eigenvalue weighted by Crippen LogP contribution is 2.29. The molecule has 4 rings (SSSR count). The summed E-state index contributed by atoms with van der Waals surface area (Å²) in [4.78, 5) is 14.9. The summed E-state index contributed by atoms with van der Waals surface area (Å²) in [6, 6.07) is 15.4. The van der Waals surface area contributed by atoms with Crippen LogP contribution in [0.3, 0.4) is 0 Å². The minimum absolute atomic E-state index is 0.00246. The Labute approximate surface area is 199 Å². The van der Waals surface area contributed by atoms with Crippen molar-refractivity contribution in [3.63, 3.8) is 0 Å². The lowest BCUT2D eigenvalue weighted by Crippen LogP contribution is -2.38. The number of nitrogens with zero attached hydrogens (tertiary/aromatic N) is 2. The molecule has 1 amide bonds. The fraction of sp³-hybridized carbons (Fsp3) is 0.360. The molecular formula is C25H29ClN4O3. The summed E-state index contributed by atoms with van der Waals surface area (Å²) in [5, 5.41) is 11.4. The van der Waals surface area contributed by atoms with Crippen LogP contribution >= 0.6 is 11.6 Å². The predicted molar refractivity (Wildman–Crippen MR) is 130 cm³/mol. The second-order valence-electron chi connectivity index (χ2n) is 7.97. The van der Waals surface area contributed by atoms with E-state index in [0.29, 0.717) is 36.2 Å². The lowest BCUT2D eigenvalue weighted by molar-refractivity contribution is -0.121. The number of rotatable bonds is 9. The van der Waals surface area contributed by atoms with E-state index in [-0.39, 0.29) is 11.9 Å². The first-order valence-electron chi connectivity index (χ1n) is 11.3. The van der Waals surface area contributed by atoms with Crippen molar-refractivity contribution in [3.8, 4) is 22.8 Å². The van der Waals surface area contributed by atoms with E-state index in [1.54, 1.807) is 0 Å². The van der Waals surface area contributed by atoms with Crippen molar-refractivity contribution in [3.05, 3.63) is 59.1 Å². The van der Waals surface area contributed by atoms with Gasteiger partial charge in [0.2, 0.25) is 5.91 Å². The van der Waals surface area contributed by atoms with Crippen LogP contribution in [-0.4, -0.2) is 48.4 Å². The number of nitrogens with one attached hydrogen (secondary N) is 2. The molecule has 0 spiro atoms. The van der Waals surface area contributed by atoms with Gasteiger partial charge in [-0.25, -0.2) is 0 Å². The van der Waals surface area contributed by atoms with Gasteiger partial charge >= 0.3 is 0 Å². The number of anilines is 1. The molecule has 33 heavy (non-hydrogen) atoms. The Kier molecular flexibility index (Phi) is 7.40. The summed E-state index contributed by atoms with van der Waals surface area (Å²) >= 11 is 5.98. The van der Waals surface area contributed by atoms with Crippen molar-refractivity contribution in [2.24, 2.45) is 0 Å². The molecule has 1 aromatic heterocycles. The number of halogens is 1. The number of aromatic nitrogens is 2. The molecule has 174 valence electrons. The molecule has 7 nitrogen and oxygen atoms in total. The van der Waals surface area contributed by atoms with Crippen molar-refractivity contribution >= 4 is 23.3 Å². The van der Waals surface area contributed by atoms with Crippen molar-refractivity contribution < 1.29 is 14.3 Å². The van der Waals surface area contributed by atoms with Crippen LogP contribution in [0.1, 0.15) is 25.8 Å². The van der Waals surface area contributed by atoms with E-state index in [0.717, 1.165) is 42.1 Å². The SMILES string of the molecule is CCOc1ccc(CC(=O)N[C@@H]2CCN(c3cc(-c4ccc(Cl)cc4)[nH]n3)C2)cc1OCC. The number of ether oxygens (including phenoxy) is 2. The number of carbonyl (C=O) groups is 1. The van der Waals surface area contributed by atoms with Crippen molar-refractivity contribution in [2.75, 3.05) is 31.2 Å². The normalized spacial score (nSPS) is 15.5. The van der Waals surface area contributed by atoms with Crippen molar-refractivity contribution in [1.29, 1.82) is 0 Å². The second-order valence-corrected chi connectivity index (χ2v) is 8.41. The summed E-state index contributed by atoms with van der Waals surface area (Å²) < 4.78 is 11.3. The molecule has 3 aromatic rings. The van der Waals surface area contributed by atoms with E-state index in [1.807, 2.05) is 62.4 Å². The van der Waals surface area contributed by atoms with Gasteiger partial charge in [0.25, 0.3) is 0 Å². The van der Waals surface area contributed by atoms with Gasteiger partial charge in [-0.3, -0.25) is 9.89 Å². The van der Waals surface area contributed by atoms with Crippen LogP contribution in [0.4, 0.5) is 5.82 Å². The maximum atomic E-state index is 12.7. The average molecular weight is 469 g/mol. The van der Waals surface area contributed by atoms with Crippen LogP contribution < -0.4 is 19.7 Å². The Morgan fingerprint density at radius 1 is 1.12 bits per heavy atom. The molecule has 2 heterocycles. The minimum atomic E-state index is -0.00246. The molecule has 1 aliphatic rings. The molecule has 1 atom stereocenters. The second kappa shape index (κ2) is 10.6. The number of carbonyl (C=O) groups excluding carboxylic acids is 1. The zero-order valence-corrected chi connectivity index (χ0v) is 19.7. The van der Waals surface area contributed by atoms with Gasteiger partial charge < -0.3 is 19.7 Å². The summed E-state index contributed by atoms with van der Waals surface area (Å²) in [6.45, 7) is 6.54. The molecule has 2 aromatic carbocycles. The van der Waals surface area contributed by atoms with Crippen LogP contribution in [-0.2, 0) is 11.2 Å². The molecule has 2 N–H and O–H groups in total. The third-order valence-corrected chi connectivity index (χ3v) is 5.82. The van der Waals surface area contributed by atoms with Gasteiger partial charge in [-0.05, 0) is 55.7 Å². The highest BCUT2D eigenvalue weighted by atomic mass is 35.5. The number of hydrogen-bond acceptors (Lipinski definition) is 5. The van der Waals surface area contributed by atoms with Gasteiger partial charge in [0.15, 0.2) is 17.3 Å². The molecule has 0 radical (unpaired) electrons. The number of hydrogen-bond donors (Lipinski definition) is 2. The fourth-order valence-corrected chi connectivity index (χ4v) is 4.13. The maximum absolute atomic E-state index is 12.7. The van der Waals surface area contributed by atoms with Crippen LogP contribution in [0.5, 0.6) is 11.5 Å². The van der Waals surface area contributed by atoms with E-state index in [9.17, 15) is 4.79 Å². The summed E-state index contributed by atoms with van der Waals surface area (Å²) in [5.41, 5.74) is 2.87. The largest absolute Gasteiger partial charge is 0.490 e. The summed E-state index contributed by atoms with van der Waals surface area (Å²) in [7, 11) is 0. The zero-order valence-electron chi connectivity index (χ0n) is 18.9. The van der Waals surface area contributed by atoms with E-state index < -0.39 is 0 Å². The molecule has 0 bridgehead atoms. The van der Waals surface area contributed by atoms with Crippen molar-refractivity contribution in [2.45, 2.75) is 32.7 Å². The first-order valence-corrected chi connectivity index (χ1v) is 11.7. The highest BCUT2D eigenvalue weighted by molar-refractivity contribution is 6.30. The molecule has 1 saturated heterocycles. The van der Waals surface area contributed by atoms with Gasteiger partial charge in [-0.1, -0.05) is 29.8 Å².